The second-order valence-corrected chi connectivity index (χ2v) is 6.76. The van der Waals surface area contributed by atoms with Crippen molar-refractivity contribution in [3.05, 3.63) is 0 Å². The third kappa shape index (κ3) is 8.34. The van der Waals surface area contributed by atoms with Crippen LogP contribution >= 0.6 is 8.60 Å². The zero-order valence-electron chi connectivity index (χ0n) is 16.2. The summed E-state index contributed by atoms with van der Waals surface area (Å²) in [5.41, 5.74) is 0. The van der Waals surface area contributed by atoms with Gasteiger partial charge in [-0.05, 0) is 6.42 Å². The van der Waals surface area contributed by atoms with E-state index in [2.05, 4.69) is 0 Å². The van der Waals surface area contributed by atoms with Gasteiger partial charge in [0.15, 0.2) is 18.5 Å². The van der Waals surface area contributed by atoms with Gasteiger partial charge in [0.2, 0.25) is 0 Å². The van der Waals surface area contributed by atoms with E-state index in [1.54, 1.807) is 0 Å². The Balaban J connectivity index is 3.19. The highest BCUT2D eigenvalue weighted by Gasteiger charge is 2.52. The van der Waals surface area contributed by atoms with Gasteiger partial charge in [-0.2, -0.15) is 0 Å². The molecule has 5 atom stereocenters. The summed E-state index contributed by atoms with van der Waals surface area (Å²) in [4.78, 5) is 52.9. The van der Waals surface area contributed by atoms with Crippen molar-refractivity contribution in [3.63, 3.8) is 0 Å². The molecule has 1 fully saturated rings. The van der Waals surface area contributed by atoms with Crippen molar-refractivity contribution < 1.29 is 52.4 Å². The summed E-state index contributed by atoms with van der Waals surface area (Å²) in [5.74, 6) is -1.98. The lowest BCUT2D eigenvalue weighted by atomic mass is 9.98. The minimum atomic E-state index is -2.84. The molecule has 0 aliphatic carbocycles. The third-order valence-electron chi connectivity index (χ3n) is 3.65. The molecule has 0 bridgehead atoms. The van der Waals surface area contributed by atoms with E-state index in [-0.39, 0.29) is 13.2 Å². The van der Waals surface area contributed by atoms with Gasteiger partial charge in [0, 0.05) is 27.4 Å². The Bertz CT molecular complexity index is 527. The quantitative estimate of drug-likeness (QED) is 0.218. The molecule has 162 valence electrons. The van der Waals surface area contributed by atoms with Crippen molar-refractivity contribution in [1.29, 1.82) is 0 Å². The molecule has 0 saturated carbocycles. The highest BCUT2D eigenvalue weighted by atomic mass is 31.2. The average molecular weight is 426 g/mol. The molecule has 0 radical (unpaired) electrons. The molecule has 0 amide bonds. The smallest absolute Gasteiger partial charge is 0.329 e. The molecule has 1 aliphatic heterocycles. The molecular formula is C16H27O11P. The number of carbonyl (C=O) groups excluding carboxylic acids is 3. The van der Waals surface area contributed by atoms with Gasteiger partial charge >= 0.3 is 26.5 Å². The van der Waals surface area contributed by atoms with Crippen LogP contribution in [0.4, 0.5) is 0 Å². The molecule has 2 N–H and O–H groups in total. The van der Waals surface area contributed by atoms with Gasteiger partial charge < -0.3 is 33.5 Å². The topological polar surface area (TPSA) is 147 Å². The molecule has 11 nitrogen and oxygen atoms in total. The third-order valence-corrected chi connectivity index (χ3v) is 4.05. The number of ether oxygens (including phenoxy) is 5. The molecule has 0 aromatic carbocycles. The van der Waals surface area contributed by atoms with Crippen LogP contribution in [0, 0.1) is 0 Å². The summed E-state index contributed by atoms with van der Waals surface area (Å²) in [7, 11) is -2.84. The maximum atomic E-state index is 11.6. The summed E-state index contributed by atoms with van der Waals surface area (Å²) in [6.45, 7) is 5.32. The van der Waals surface area contributed by atoms with Gasteiger partial charge in [0.25, 0.3) is 0 Å². The lowest BCUT2D eigenvalue weighted by molar-refractivity contribution is -0.295. The van der Waals surface area contributed by atoms with E-state index >= 15 is 0 Å². The van der Waals surface area contributed by atoms with Crippen molar-refractivity contribution in [1.82, 2.24) is 0 Å². The number of rotatable bonds is 10. The van der Waals surface area contributed by atoms with Crippen molar-refractivity contribution in [2.24, 2.45) is 0 Å². The first-order valence-corrected chi connectivity index (χ1v) is 9.91. The van der Waals surface area contributed by atoms with Crippen molar-refractivity contribution >= 4 is 26.5 Å². The maximum absolute atomic E-state index is 11.6. The predicted octanol–water partition coefficient (Wildman–Crippen LogP) is 0.551. The normalized spacial score (nSPS) is 27.3. The highest BCUT2D eigenvalue weighted by Crippen LogP contribution is 2.36. The van der Waals surface area contributed by atoms with E-state index in [1.807, 2.05) is 6.92 Å². The fourth-order valence-corrected chi connectivity index (χ4v) is 2.94. The first-order chi connectivity index (χ1) is 13.1. The van der Waals surface area contributed by atoms with Gasteiger partial charge in [-0.1, -0.05) is 13.3 Å². The number of esters is 3. The maximum Gasteiger partial charge on any atom is 0.329 e. The Morgan fingerprint density at radius 3 is 2.07 bits per heavy atom. The first kappa shape index (κ1) is 24.7. The Kier molecular flexibility index (Phi) is 10.8. The molecule has 0 aromatic rings. The summed E-state index contributed by atoms with van der Waals surface area (Å²) in [6.07, 6.45) is -4.45. The van der Waals surface area contributed by atoms with Crippen molar-refractivity contribution in [2.45, 2.75) is 71.2 Å². The van der Waals surface area contributed by atoms with Crippen LogP contribution in [-0.4, -0.2) is 71.6 Å². The first-order valence-electron chi connectivity index (χ1n) is 8.75. The Labute approximate surface area is 164 Å². The number of hydrogen-bond donors (Lipinski definition) is 2. The van der Waals surface area contributed by atoms with Gasteiger partial charge in [0.05, 0.1) is 0 Å². The summed E-state index contributed by atoms with van der Waals surface area (Å²) < 4.78 is 31.8. The van der Waals surface area contributed by atoms with E-state index in [0.29, 0.717) is 6.42 Å². The Morgan fingerprint density at radius 1 is 0.964 bits per heavy atom. The Morgan fingerprint density at radius 2 is 1.57 bits per heavy atom. The average Bonchev–Trinajstić information content (AvgIpc) is 2.56. The SMILES string of the molecule is CCCCO[C@@H]1[C@@H](OP(O)O)O[C@H](COC(C)=O)[C@@H](OC(C)=O)[C@@H]1OC(C)=O. The van der Waals surface area contributed by atoms with E-state index < -0.39 is 57.2 Å². The van der Waals surface area contributed by atoms with E-state index in [4.69, 9.17) is 28.2 Å². The standard InChI is InChI=1S/C16H27O11P/c1-5-6-7-22-15-14(25-11(4)19)13(24-10(3)18)12(8-23-9(2)17)26-16(15)27-28(20)21/h12-16,20-21H,5-8H2,1-4H3/t12-,13-,14+,15+,16-/m1/s1. The van der Waals surface area contributed by atoms with Crippen LogP contribution in [0.25, 0.3) is 0 Å². The zero-order valence-corrected chi connectivity index (χ0v) is 17.1. The second-order valence-electron chi connectivity index (χ2n) is 6.04. The van der Waals surface area contributed by atoms with Crippen molar-refractivity contribution in [3.8, 4) is 0 Å². The largest absolute Gasteiger partial charge is 0.463 e. The second kappa shape index (κ2) is 12.3. The Hall–Kier alpha value is -1.36. The van der Waals surface area contributed by atoms with Gasteiger partial charge in [0.1, 0.15) is 18.8 Å². The molecule has 1 rings (SSSR count). The monoisotopic (exact) mass is 426 g/mol. The lowest BCUT2D eigenvalue weighted by Crippen LogP contribution is -2.62. The number of hydrogen-bond acceptors (Lipinski definition) is 11. The van der Waals surface area contributed by atoms with E-state index in [1.165, 1.54) is 6.92 Å². The van der Waals surface area contributed by atoms with Gasteiger partial charge in [-0.25, -0.2) is 0 Å². The van der Waals surface area contributed by atoms with Crippen LogP contribution in [-0.2, 0) is 42.6 Å². The van der Waals surface area contributed by atoms with Crippen LogP contribution in [0.2, 0.25) is 0 Å². The van der Waals surface area contributed by atoms with Crippen LogP contribution in [0.15, 0.2) is 0 Å². The molecule has 0 spiro atoms. The highest BCUT2D eigenvalue weighted by molar-refractivity contribution is 7.39. The zero-order chi connectivity index (χ0) is 21.3. The van der Waals surface area contributed by atoms with Gasteiger partial charge in [-0.3, -0.25) is 18.9 Å². The molecule has 12 heteroatoms. The molecule has 1 saturated heterocycles. The molecule has 28 heavy (non-hydrogen) atoms. The molecular weight excluding hydrogens is 399 g/mol. The molecule has 0 unspecified atom stereocenters. The van der Waals surface area contributed by atoms with Crippen LogP contribution in [0.5, 0.6) is 0 Å². The summed E-state index contributed by atoms with van der Waals surface area (Å²) in [5, 5.41) is 0. The van der Waals surface area contributed by atoms with Crippen molar-refractivity contribution in [2.75, 3.05) is 13.2 Å². The summed E-state index contributed by atoms with van der Waals surface area (Å²) >= 11 is 0. The molecule has 1 heterocycles. The predicted molar refractivity (Wildman–Crippen MR) is 93.5 cm³/mol. The fraction of sp³-hybridized carbons (Fsp3) is 0.812. The molecule has 1 aliphatic rings. The fourth-order valence-electron chi connectivity index (χ4n) is 2.59. The van der Waals surface area contributed by atoms with Crippen LogP contribution < -0.4 is 0 Å². The number of carbonyl (C=O) groups is 3. The minimum Gasteiger partial charge on any atom is -0.463 e. The van der Waals surface area contributed by atoms with Crippen LogP contribution in [0.3, 0.4) is 0 Å². The van der Waals surface area contributed by atoms with Crippen LogP contribution in [0.1, 0.15) is 40.5 Å². The number of unbranched alkanes of at least 4 members (excludes halogenated alkanes) is 1. The summed E-state index contributed by atoms with van der Waals surface area (Å²) in [6, 6.07) is 0. The van der Waals surface area contributed by atoms with Gasteiger partial charge in [-0.15, -0.1) is 0 Å². The minimum absolute atomic E-state index is 0.234. The molecule has 0 aromatic heterocycles. The lowest BCUT2D eigenvalue weighted by Gasteiger charge is -2.44. The van der Waals surface area contributed by atoms with E-state index in [9.17, 15) is 24.2 Å². The van der Waals surface area contributed by atoms with E-state index in [0.717, 1.165) is 20.3 Å².